The van der Waals surface area contributed by atoms with Crippen LogP contribution in [0.15, 0.2) is 18.5 Å². The van der Waals surface area contributed by atoms with E-state index in [-0.39, 0.29) is 12.5 Å². The van der Waals surface area contributed by atoms with Crippen molar-refractivity contribution in [3.05, 3.63) is 18.5 Å². The Morgan fingerprint density at radius 3 is 2.39 bits per heavy atom. The summed E-state index contributed by atoms with van der Waals surface area (Å²) in [4.78, 5) is 41.5. The number of amides is 1. The highest BCUT2D eigenvalue weighted by atomic mass is 19.4. The van der Waals surface area contributed by atoms with E-state index in [1.54, 1.807) is 6.07 Å². The Labute approximate surface area is 128 Å². The fourth-order valence-electron chi connectivity index (χ4n) is 1.44. The van der Waals surface area contributed by atoms with Crippen molar-refractivity contribution < 1.29 is 32.3 Å². The monoisotopic (exact) mass is 334 g/mol. The summed E-state index contributed by atoms with van der Waals surface area (Å²) >= 11 is 0. The molecule has 8 nitrogen and oxygen atoms in total. The van der Waals surface area contributed by atoms with Crippen molar-refractivity contribution in [3.63, 3.8) is 0 Å². The first-order valence-electron chi connectivity index (χ1n) is 6.22. The lowest BCUT2D eigenvalue weighted by Gasteiger charge is -2.17. The Balaban J connectivity index is 2.61. The highest BCUT2D eigenvalue weighted by Gasteiger charge is 2.41. The Morgan fingerprint density at radius 2 is 1.87 bits per heavy atom. The SMILES string of the molecule is COC(=O)[C@H](CC(=O)CNc1ncccn1)NC(=O)C(F)(F)F. The zero-order valence-corrected chi connectivity index (χ0v) is 11.9. The van der Waals surface area contributed by atoms with Gasteiger partial charge in [-0.2, -0.15) is 13.2 Å². The number of carbonyl (C=O) groups is 3. The minimum atomic E-state index is -5.18. The molecule has 1 rings (SSSR count). The van der Waals surface area contributed by atoms with Gasteiger partial charge in [-0.15, -0.1) is 0 Å². The number of carbonyl (C=O) groups excluding carboxylic acids is 3. The number of nitrogens with zero attached hydrogens (tertiary/aromatic N) is 2. The summed E-state index contributed by atoms with van der Waals surface area (Å²) in [6.45, 7) is -0.334. The van der Waals surface area contributed by atoms with Gasteiger partial charge in [-0.1, -0.05) is 0 Å². The summed E-state index contributed by atoms with van der Waals surface area (Å²) in [6, 6.07) is -0.187. The van der Waals surface area contributed by atoms with Crippen LogP contribution in [0.25, 0.3) is 0 Å². The molecule has 0 radical (unpaired) electrons. The zero-order valence-electron chi connectivity index (χ0n) is 11.9. The number of anilines is 1. The molecule has 1 atom stereocenters. The van der Waals surface area contributed by atoms with Crippen LogP contribution < -0.4 is 10.6 Å². The quantitative estimate of drug-likeness (QED) is 0.679. The molecular formula is C12H13F3N4O4. The molecule has 126 valence electrons. The first-order chi connectivity index (χ1) is 10.7. The van der Waals surface area contributed by atoms with Gasteiger partial charge in [0.05, 0.1) is 13.7 Å². The number of hydrogen-bond donors (Lipinski definition) is 2. The van der Waals surface area contributed by atoms with E-state index in [2.05, 4.69) is 20.0 Å². The van der Waals surface area contributed by atoms with E-state index in [9.17, 15) is 27.6 Å². The summed E-state index contributed by atoms with van der Waals surface area (Å²) in [7, 11) is 0.926. The summed E-state index contributed by atoms with van der Waals surface area (Å²) in [5.74, 6) is -4.00. The van der Waals surface area contributed by atoms with Gasteiger partial charge in [0, 0.05) is 18.8 Å². The predicted octanol–water partition coefficient (Wildman–Crippen LogP) is 0.0678. The Bertz CT molecular complexity index is 565. The number of esters is 1. The van der Waals surface area contributed by atoms with Crippen molar-refractivity contribution in [3.8, 4) is 0 Å². The molecule has 0 aliphatic rings. The Morgan fingerprint density at radius 1 is 1.26 bits per heavy atom. The van der Waals surface area contributed by atoms with Crippen molar-refractivity contribution in [1.82, 2.24) is 15.3 Å². The molecular weight excluding hydrogens is 321 g/mol. The number of halogens is 3. The number of alkyl halides is 3. The molecule has 1 aromatic rings. The highest BCUT2D eigenvalue weighted by Crippen LogP contribution is 2.15. The maximum atomic E-state index is 12.2. The lowest BCUT2D eigenvalue weighted by molar-refractivity contribution is -0.175. The topological polar surface area (TPSA) is 110 Å². The predicted molar refractivity (Wildman–Crippen MR) is 70.1 cm³/mol. The second-order valence-corrected chi connectivity index (χ2v) is 4.22. The van der Waals surface area contributed by atoms with E-state index in [4.69, 9.17) is 0 Å². The molecule has 23 heavy (non-hydrogen) atoms. The molecule has 0 bridgehead atoms. The molecule has 0 spiro atoms. The van der Waals surface area contributed by atoms with Gasteiger partial charge in [-0.05, 0) is 6.07 Å². The van der Waals surface area contributed by atoms with Crippen molar-refractivity contribution in [1.29, 1.82) is 0 Å². The molecule has 11 heteroatoms. The molecule has 0 aliphatic heterocycles. The summed E-state index contributed by atoms with van der Waals surface area (Å²) in [5.41, 5.74) is 0. The van der Waals surface area contributed by atoms with Crippen LogP contribution in [-0.4, -0.2) is 53.5 Å². The second kappa shape index (κ2) is 8.06. The number of Topliss-reactive ketones (excluding diaryl/α,β-unsaturated/α-hetero) is 1. The standard InChI is InChI=1S/C12H13F3N4O4/c1-23-9(21)8(19-10(22)12(13,14)15)5-7(20)6-18-11-16-3-2-4-17-11/h2-4,8H,5-6H2,1H3,(H,19,22)(H,16,17,18)/t8-/m0/s1. The number of ketones is 1. The van der Waals surface area contributed by atoms with E-state index in [1.807, 2.05) is 0 Å². The molecule has 1 heterocycles. The number of aromatic nitrogens is 2. The fraction of sp³-hybridized carbons (Fsp3) is 0.417. The molecule has 0 aliphatic carbocycles. The first kappa shape index (κ1) is 18.3. The zero-order chi connectivity index (χ0) is 17.5. The van der Waals surface area contributed by atoms with Crippen LogP contribution in [0.2, 0.25) is 0 Å². The van der Waals surface area contributed by atoms with Crippen LogP contribution in [0.5, 0.6) is 0 Å². The number of ether oxygens (including phenoxy) is 1. The van der Waals surface area contributed by atoms with Crippen molar-refractivity contribution in [2.75, 3.05) is 19.0 Å². The molecule has 0 aromatic carbocycles. The van der Waals surface area contributed by atoms with E-state index in [0.29, 0.717) is 0 Å². The second-order valence-electron chi connectivity index (χ2n) is 4.22. The Kier molecular flexibility index (Phi) is 6.42. The molecule has 0 unspecified atom stereocenters. The van der Waals surface area contributed by atoms with Crippen LogP contribution in [0.3, 0.4) is 0 Å². The van der Waals surface area contributed by atoms with Crippen LogP contribution in [0.4, 0.5) is 19.1 Å². The van der Waals surface area contributed by atoms with Crippen LogP contribution in [0.1, 0.15) is 6.42 Å². The van der Waals surface area contributed by atoms with Gasteiger partial charge in [0.1, 0.15) is 6.04 Å². The van der Waals surface area contributed by atoms with Crippen molar-refractivity contribution >= 4 is 23.6 Å². The fourth-order valence-corrected chi connectivity index (χ4v) is 1.44. The Hall–Kier alpha value is -2.72. The normalized spacial score (nSPS) is 12.2. The maximum Gasteiger partial charge on any atom is 0.471 e. The van der Waals surface area contributed by atoms with Crippen molar-refractivity contribution in [2.45, 2.75) is 18.6 Å². The number of methoxy groups -OCH3 is 1. The summed E-state index contributed by atoms with van der Waals surface area (Å²) < 4.78 is 40.9. The maximum absolute atomic E-state index is 12.2. The lowest BCUT2D eigenvalue weighted by Crippen LogP contribution is -2.48. The molecule has 1 amide bonds. The third-order valence-corrected chi connectivity index (χ3v) is 2.49. The van der Waals surface area contributed by atoms with Gasteiger partial charge in [0.25, 0.3) is 0 Å². The minimum Gasteiger partial charge on any atom is -0.467 e. The van der Waals surface area contributed by atoms with Crippen molar-refractivity contribution in [2.24, 2.45) is 0 Å². The van der Waals surface area contributed by atoms with E-state index >= 15 is 0 Å². The van der Waals surface area contributed by atoms with E-state index in [1.165, 1.54) is 17.7 Å². The third-order valence-electron chi connectivity index (χ3n) is 2.49. The molecule has 0 saturated heterocycles. The number of rotatable bonds is 7. The first-order valence-corrected chi connectivity index (χ1v) is 6.22. The third kappa shape index (κ3) is 6.28. The molecule has 2 N–H and O–H groups in total. The van der Waals surface area contributed by atoms with Crippen LogP contribution in [0, 0.1) is 0 Å². The molecule has 0 fully saturated rings. The largest absolute Gasteiger partial charge is 0.471 e. The molecule has 0 saturated carbocycles. The van der Waals surface area contributed by atoms with Gasteiger partial charge in [-0.3, -0.25) is 9.59 Å². The lowest BCUT2D eigenvalue weighted by atomic mass is 10.1. The minimum absolute atomic E-state index is 0.134. The average molecular weight is 334 g/mol. The van der Waals surface area contributed by atoms with Crippen LogP contribution in [-0.2, 0) is 19.1 Å². The average Bonchev–Trinajstić information content (AvgIpc) is 2.51. The van der Waals surface area contributed by atoms with Gasteiger partial charge < -0.3 is 15.4 Å². The number of nitrogens with one attached hydrogen (secondary N) is 2. The molecule has 1 aromatic heterocycles. The van der Waals surface area contributed by atoms with E-state index in [0.717, 1.165) is 7.11 Å². The van der Waals surface area contributed by atoms with E-state index < -0.39 is 36.3 Å². The highest BCUT2D eigenvalue weighted by molar-refractivity contribution is 5.92. The van der Waals surface area contributed by atoms with Gasteiger partial charge >= 0.3 is 18.1 Å². The smallest absolute Gasteiger partial charge is 0.467 e. The van der Waals surface area contributed by atoms with Crippen LogP contribution >= 0.6 is 0 Å². The number of hydrogen-bond acceptors (Lipinski definition) is 7. The van der Waals surface area contributed by atoms with Gasteiger partial charge in [0.15, 0.2) is 5.78 Å². The summed E-state index contributed by atoms with van der Waals surface area (Å²) in [5, 5.41) is 3.95. The van der Waals surface area contributed by atoms with Gasteiger partial charge in [-0.25, -0.2) is 14.8 Å². The van der Waals surface area contributed by atoms with Gasteiger partial charge in [0.2, 0.25) is 5.95 Å². The summed E-state index contributed by atoms with van der Waals surface area (Å²) in [6.07, 6.45) is -3.01.